The van der Waals surface area contributed by atoms with Crippen LogP contribution in [0.25, 0.3) is 0 Å². The number of rotatable bonds is 3. The van der Waals surface area contributed by atoms with Crippen molar-refractivity contribution in [2.45, 2.75) is 45.1 Å². The van der Waals surface area contributed by atoms with Crippen molar-refractivity contribution in [3.63, 3.8) is 0 Å². The lowest BCUT2D eigenvalue weighted by molar-refractivity contribution is -0.118. The molecular formula is C17H22FNO2. The van der Waals surface area contributed by atoms with Crippen LogP contribution in [0.1, 0.15) is 39.0 Å². The zero-order chi connectivity index (χ0) is 14.8. The Kier molecular flexibility index (Phi) is 4.13. The maximum absolute atomic E-state index is 13.6. The molecule has 3 nitrogen and oxygen atoms in total. The second-order valence-electron chi connectivity index (χ2n) is 6.24. The molecule has 1 aromatic rings. The molecule has 3 rings (SSSR count). The standard InChI is InChI=1S/C17H22FNO2/c1-12-10-19(11-16(12)20)15-9-13(18)7-8-17(15)21-14-5-3-2-4-6-14/h7-9,12,14H,2-6,10-11H2,1H3. The van der Waals surface area contributed by atoms with E-state index in [1.807, 2.05) is 11.8 Å². The number of ketones is 1. The maximum atomic E-state index is 13.6. The molecule has 0 bridgehead atoms. The van der Waals surface area contributed by atoms with E-state index in [4.69, 9.17) is 4.74 Å². The Morgan fingerprint density at radius 3 is 2.67 bits per heavy atom. The van der Waals surface area contributed by atoms with Gasteiger partial charge in [-0.2, -0.15) is 0 Å². The molecule has 0 aromatic heterocycles. The Labute approximate surface area is 125 Å². The van der Waals surface area contributed by atoms with Crippen molar-refractivity contribution >= 4 is 11.5 Å². The first-order valence-electron chi connectivity index (χ1n) is 7.87. The third kappa shape index (κ3) is 3.20. The van der Waals surface area contributed by atoms with Crippen LogP contribution in [-0.4, -0.2) is 25.0 Å². The SMILES string of the molecule is CC1CN(c2cc(F)ccc2OC2CCCCC2)CC1=O. The molecule has 0 N–H and O–H groups in total. The molecule has 1 aliphatic heterocycles. The van der Waals surface area contributed by atoms with E-state index < -0.39 is 0 Å². The summed E-state index contributed by atoms with van der Waals surface area (Å²) in [5.74, 6) is 0.650. The summed E-state index contributed by atoms with van der Waals surface area (Å²) in [4.78, 5) is 13.7. The topological polar surface area (TPSA) is 29.5 Å². The summed E-state index contributed by atoms with van der Waals surface area (Å²) in [6.45, 7) is 2.91. The first-order valence-corrected chi connectivity index (χ1v) is 7.87. The van der Waals surface area contributed by atoms with Crippen molar-refractivity contribution in [1.82, 2.24) is 0 Å². The van der Waals surface area contributed by atoms with Crippen molar-refractivity contribution in [2.75, 3.05) is 18.0 Å². The summed E-state index contributed by atoms with van der Waals surface area (Å²) >= 11 is 0. The molecule has 1 heterocycles. The predicted molar refractivity (Wildman–Crippen MR) is 80.3 cm³/mol. The lowest BCUT2D eigenvalue weighted by atomic mass is 9.98. The fourth-order valence-electron chi connectivity index (χ4n) is 3.22. The number of nitrogens with zero attached hydrogens (tertiary/aromatic N) is 1. The van der Waals surface area contributed by atoms with E-state index in [-0.39, 0.29) is 23.6 Å². The molecule has 114 valence electrons. The van der Waals surface area contributed by atoms with Crippen LogP contribution in [-0.2, 0) is 4.79 Å². The Morgan fingerprint density at radius 1 is 1.24 bits per heavy atom. The van der Waals surface area contributed by atoms with Gasteiger partial charge >= 0.3 is 0 Å². The molecule has 0 radical (unpaired) electrons. The second kappa shape index (κ2) is 6.04. The average Bonchev–Trinajstić information content (AvgIpc) is 2.82. The van der Waals surface area contributed by atoms with Crippen LogP contribution in [0.3, 0.4) is 0 Å². The number of anilines is 1. The van der Waals surface area contributed by atoms with Crippen LogP contribution in [0.2, 0.25) is 0 Å². The Morgan fingerprint density at radius 2 is 2.00 bits per heavy atom. The van der Waals surface area contributed by atoms with Gasteiger partial charge in [0, 0.05) is 18.5 Å². The van der Waals surface area contributed by atoms with E-state index in [9.17, 15) is 9.18 Å². The number of carbonyl (C=O) groups excluding carboxylic acids is 1. The van der Waals surface area contributed by atoms with Gasteiger partial charge in [0.1, 0.15) is 11.6 Å². The van der Waals surface area contributed by atoms with Crippen LogP contribution in [0.5, 0.6) is 5.75 Å². The average molecular weight is 291 g/mol. The molecule has 2 fully saturated rings. The van der Waals surface area contributed by atoms with Gasteiger partial charge in [-0.1, -0.05) is 13.3 Å². The van der Waals surface area contributed by atoms with E-state index in [2.05, 4.69) is 0 Å². The summed E-state index contributed by atoms with van der Waals surface area (Å²) in [5, 5.41) is 0. The molecule has 1 aromatic carbocycles. The van der Waals surface area contributed by atoms with Crippen LogP contribution < -0.4 is 9.64 Å². The minimum absolute atomic E-state index is 0.01000. The number of carbonyl (C=O) groups is 1. The fourth-order valence-corrected chi connectivity index (χ4v) is 3.22. The van der Waals surface area contributed by atoms with E-state index in [0.29, 0.717) is 18.8 Å². The van der Waals surface area contributed by atoms with E-state index >= 15 is 0 Å². The first-order chi connectivity index (χ1) is 10.1. The van der Waals surface area contributed by atoms with Gasteiger partial charge in [0.25, 0.3) is 0 Å². The predicted octanol–water partition coefficient (Wildman–Crippen LogP) is 3.56. The van der Waals surface area contributed by atoms with Crippen molar-refractivity contribution in [1.29, 1.82) is 0 Å². The van der Waals surface area contributed by atoms with Gasteiger partial charge in [0.15, 0.2) is 5.78 Å². The van der Waals surface area contributed by atoms with Gasteiger partial charge in [-0.25, -0.2) is 4.39 Å². The van der Waals surface area contributed by atoms with Crippen molar-refractivity contribution in [3.05, 3.63) is 24.0 Å². The highest BCUT2D eigenvalue weighted by atomic mass is 19.1. The van der Waals surface area contributed by atoms with E-state index in [1.54, 1.807) is 6.07 Å². The third-order valence-corrected chi connectivity index (χ3v) is 4.50. The largest absolute Gasteiger partial charge is 0.488 e. The molecule has 1 unspecified atom stereocenters. The lowest BCUT2D eigenvalue weighted by Gasteiger charge is -2.27. The van der Waals surface area contributed by atoms with Gasteiger partial charge in [-0.15, -0.1) is 0 Å². The molecule has 1 aliphatic carbocycles. The zero-order valence-electron chi connectivity index (χ0n) is 12.5. The smallest absolute Gasteiger partial charge is 0.156 e. The monoisotopic (exact) mass is 291 g/mol. The molecule has 1 saturated carbocycles. The molecule has 0 amide bonds. The van der Waals surface area contributed by atoms with Gasteiger partial charge in [0.2, 0.25) is 0 Å². The molecule has 2 aliphatic rings. The van der Waals surface area contributed by atoms with Gasteiger partial charge in [0.05, 0.1) is 18.3 Å². The van der Waals surface area contributed by atoms with Gasteiger partial charge in [-0.3, -0.25) is 4.79 Å². The van der Waals surface area contributed by atoms with Crippen molar-refractivity contribution in [2.24, 2.45) is 5.92 Å². The van der Waals surface area contributed by atoms with Crippen LogP contribution in [0, 0.1) is 11.7 Å². The summed E-state index contributed by atoms with van der Waals surface area (Å²) in [5.41, 5.74) is 0.721. The van der Waals surface area contributed by atoms with Crippen LogP contribution in [0.4, 0.5) is 10.1 Å². The Hall–Kier alpha value is -1.58. The summed E-state index contributed by atoms with van der Waals surface area (Å²) < 4.78 is 19.7. The Balaban J connectivity index is 1.81. The number of ether oxygens (including phenoxy) is 1. The highest BCUT2D eigenvalue weighted by molar-refractivity contribution is 5.89. The van der Waals surface area contributed by atoms with Crippen molar-refractivity contribution in [3.8, 4) is 5.75 Å². The molecule has 1 saturated heterocycles. The fraction of sp³-hybridized carbons (Fsp3) is 0.588. The minimum Gasteiger partial charge on any atom is -0.488 e. The normalized spacial score (nSPS) is 23.6. The van der Waals surface area contributed by atoms with Crippen LogP contribution >= 0.6 is 0 Å². The zero-order valence-corrected chi connectivity index (χ0v) is 12.5. The second-order valence-corrected chi connectivity index (χ2v) is 6.24. The maximum Gasteiger partial charge on any atom is 0.156 e. The quantitative estimate of drug-likeness (QED) is 0.852. The first kappa shape index (κ1) is 14.4. The molecule has 0 spiro atoms. The van der Waals surface area contributed by atoms with E-state index in [0.717, 1.165) is 18.5 Å². The van der Waals surface area contributed by atoms with Crippen molar-refractivity contribution < 1.29 is 13.9 Å². The minimum atomic E-state index is -0.284. The van der Waals surface area contributed by atoms with Gasteiger partial charge < -0.3 is 9.64 Å². The summed E-state index contributed by atoms with van der Waals surface area (Å²) in [6, 6.07) is 4.62. The molecule has 1 atom stereocenters. The molecular weight excluding hydrogens is 269 g/mol. The Bertz CT molecular complexity index is 526. The summed E-state index contributed by atoms with van der Waals surface area (Å²) in [7, 11) is 0. The number of hydrogen-bond acceptors (Lipinski definition) is 3. The highest BCUT2D eigenvalue weighted by Crippen LogP contribution is 2.34. The third-order valence-electron chi connectivity index (χ3n) is 4.50. The van der Waals surface area contributed by atoms with Crippen LogP contribution in [0.15, 0.2) is 18.2 Å². The summed E-state index contributed by atoms with van der Waals surface area (Å²) in [6.07, 6.45) is 6.01. The lowest BCUT2D eigenvalue weighted by Crippen LogP contribution is -2.24. The van der Waals surface area contributed by atoms with Gasteiger partial charge in [-0.05, 0) is 37.8 Å². The van der Waals surface area contributed by atoms with E-state index in [1.165, 1.54) is 31.4 Å². The highest BCUT2D eigenvalue weighted by Gasteiger charge is 2.29. The number of Topliss-reactive ketones (excluding diaryl/α,β-unsaturated/α-hetero) is 1. The molecule has 21 heavy (non-hydrogen) atoms. The number of hydrogen-bond donors (Lipinski definition) is 0. The number of benzene rings is 1. The number of halogens is 1. The molecule has 4 heteroatoms.